The number of nitrogens with zero attached hydrogens (tertiary/aromatic N) is 6. The van der Waals surface area contributed by atoms with E-state index in [4.69, 9.17) is 4.74 Å². The summed E-state index contributed by atoms with van der Waals surface area (Å²) in [5.41, 5.74) is 3.33. The molecule has 1 aliphatic rings. The molecule has 2 aromatic rings. The number of aryl methyl sites for hydroxylation is 2. The third-order valence-corrected chi connectivity index (χ3v) is 4.45. The number of hydrogen-bond acceptors (Lipinski definition) is 5. The fourth-order valence-corrected chi connectivity index (χ4v) is 3.08. The molecule has 0 spiro atoms. The summed E-state index contributed by atoms with van der Waals surface area (Å²) in [7, 11) is 5.44. The lowest BCUT2D eigenvalue weighted by Gasteiger charge is -2.24. The van der Waals surface area contributed by atoms with E-state index >= 15 is 0 Å². The van der Waals surface area contributed by atoms with Gasteiger partial charge in [-0.15, -0.1) is 0 Å². The molecule has 0 N–H and O–H groups in total. The van der Waals surface area contributed by atoms with Gasteiger partial charge in [0.05, 0.1) is 29.7 Å². The maximum Gasteiger partial charge on any atom is 0.248 e. The predicted octanol–water partition coefficient (Wildman–Crippen LogP) is 0.414. The van der Waals surface area contributed by atoms with Gasteiger partial charge in [-0.1, -0.05) is 0 Å². The Bertz CT molecular complexity index is 735. The minimum absolute atomic E-state index is 0.0289. The Morgan fingerprint density at radius 1 is 1.40 bits per heavy atom. The zero-order valence-corrected chi connectivity index (χ0v) is 15.3. The van der Waals surface area contributed by atoms with E-state index in [9.17, 15) is 4.79 Å². The predicted molar refractivity (Wildman–Crippen MR) is 92.7 cm³/mol. The second-order valence-corrected chi connectivity index (χ2v) is 6.80. The third-order valence-electron chi connectivity index (χ3n) is 4.45. The van der Waals surface area contributed by atoms with Gasteiger partial charge in [0.15, 0.2) is 0 Å². The second-order valence-electron chi connectivity index (χ2n) is 6.80. The van der Waals surface area contributed by atoms with Crippen molar-refractivity contribution in [2.45, 2.75) is 32.7 Å². The van der Waals surface area contributed by atoms with Crippen molar-refractivity contribution in [1.29, 1.82) is 0 Å². The van der Waals surface area contributed by atoms with Gasteiger partial charge in [-0.05, 0) is 19.1 Å². The summed E-state index contributed by atoms with van der Waals surface area (Å²) < 4.78 is 9.79. The van der Waals surface area contributed by atoms with Crippen LogP contribution in [0.3, 0.4) is 0 Å². The van der Waals surface area contributed by atoms with E-state index in [1.165, 1.54) is 0 Å². The average molecular weight is 346 g/mol. The summed E-state index contributed by atoms with van der Waals surface area (Å²) in [6.45, 7) is 5.07. The minimum atomic E-state index is -0.0839. The van der Waals surface area contributed by atoms with Gasteiger partial charge in [-0.2, -0.15) is 10.2 Å². The van der Waals surface area contributed by atoms with Crippen LogP contribution in [0.2, 0.25) is 0 Å². The summed E-state index contributed by atoms with van der Waals surface area (Å²) in [5, 5.41) is 8.81. The van der Waals surface area contributed by atoms with Gasteiger partial charge < -0.3 is 9.64 Å². The molecule has 0 unspecified atom stereocenters. The van der Waals surface area contributed by atoms with Crippen LogP contribution >= 0.6 is 0 Å². The molecule has 0 aromatic carbocycles. The molecule has 136 valence electrons. The Hall–Kier alpha value is -2.19. The Labute approximate surface area is 148 Å². The molecular formula is C17H26N6O2. The van der Waals surface area contributed by atoms with Crippen molar-refractivity contribution in [2.24, 2.45) is 7.05 Å². The van der Waals surface area contributed by atoms with Gasteiger partial charge in [-0.3, -0.25) is 19.1 Å². The summed E-state index contributed by atoms with van der Waals surface area (Å²) >= 11 is 0. The molecule has 1 aliphatic heterocycles. The molecule has 0 saturated carbocycles. The summed E-state index contributed by atoms with van der Waals surface area (Å²) in [4.78, 5) is 15.7. The van der Waals surface area contributed by atoms with Crippen LogP contribution in [0.4, 0.5) is 0 Å². The van der Waals surface area contributed by atoms with Crippen molar-refractivity contribution < 1.29 is 9.53 Å². The molecule has 0 fully saturated rings. The van der Waals surface area contributed by atoms with E-state index in [1.807, 2.05) is 35.6 Å². The zero-order chi connectivity index (χ0) is 18.0. The average Bonchev–Trinajstić information content (AvgIpc) is 3.06. The van der Waals surface area contributed by atoms with Crippen molar-refractivity contribution in [3.8, 4) is 0 Å². The first-order valence-corrected chi connectivity index (χ1v) is 8.46. The molecule has 1 atom stereocenters. The lowest BCUT2D eigenvalue weighted by Crippen LogP contribution is -2.36. The molecule has 3 heterocycles. The molecule has 8 nitrogen and oxygen atoms in total. The summed E-state index contributed by atoms with van der Waals surface area (Å²) in [6, 6.07) is 4.14. The first kappa shape index (κ1) is 17.6. The number of carbonyl (C=O) groups is 1. The molecule has 8 heteroatoms. The molecule has 0 radical (unpaired) electrons. The van der Waals surface area contributed by atoms with Crippen LogP contribution in [0.1, 0.15) is 17.1 Å². The zero-order valence-electron chi connectivity index (χ0n) is 15.3. The first-order chi connectivity index (χ1) is 11.9. The van der Waals surface area contributed by atoms with E-state index in [1.54, 1.807) is 19.0 Å². The highest BCUT2D eigenvalue weighted by Gasteiger charge is 2.24. The second kappa shape index (κ2) is 7.37. The topological polar surface area (TPSA) is 68.4 Å². The van der Waals surface area contributed by atoms with Crippen molar-refractivity contribution in [3.05, 3.63) is 35.4 Å². The van der Waals surface area contributed by atoms with E-state index in [0.717, 1.165) is 36.7 Å². The first-order valence-electron chi connectivity index (χ1n) is 8.46. The van der Waals surface area contributed by atoms with Crippen molar-refractivity contribution in [1.82, 2.24) is 29.4 Å². The molecule has 2 aromatic heterocycles. The Morgan fingerprint density at radius 2 is 2.20 bits per heavy atom. The van der Waals surface area contributed by atoms with Gasteiger partial charge in [-0.25, -0.2) is 0 Å². The van der Waals surface area contributed by atoms with Gasteiger partial charge in [0.1, 0.15) is 6.61 Å². The molecule has 1 amide bonds. The monoisotopic (exact) mass is 346 g/mol. The summed E-state index contributed by atoms with van der Waals surface area (Å²) in [5.74, 6) is -0.0289. The van der Waals surface area contributed by atoms with Gasteiger partial charge in [0.2, 0.25) is 5.91 Å². The van der Waals surface area contributed by atoms with Crippen LogP contribution in [0.5, 0.6) is 0 Å². The Morgan fingerprint density at radius 3 is 2.88 bits per heavy atom. The molecule has 0 bridgehead atoms. The Balaban J connectivity index is 1.72. The molecule has 25 heavy (non-hydrogen) atoms. The van der Waals surface area contributed by atoms with E-state index in [0.29, 0.717) is 6.54 Å². The molecule has 3 rings (SSSR count). The standard InChI is InChI=1S/C17H26N6O2/c1-13-7-15(21(4)19-13)9-22-8-14-5-6-18-23(14)11-16(10-22)25-12-17(24)20(2)3/h5-7,16H,8-12H2,1-4H3/t16-/m0/s1. The van der Waals surface area contributed by atoms with Crippen molar-refractivity contribution >= 4 is 5.91 Å². The van der Waals surface area contributed by atoms with Crippen LogP contribution in [0, 0.1) is 6.92 Å². The van der Waals surface area contributed by atoms with Gasteiger partial charge in [0.25, 0.3) is 0 Å². The number of amides is 1. The fraction of sp³-hybridized carbons (Fsp3) is 0.588. The van der Waals surface area contributed by atoms with Crippen molar-refractivity contribution in [3.63, 3.8) is 0 Å². The summed E-state index contributed by atoms with van der Waals surface area (Å²) in [6.07, 6.45) is 1.73. The maximum atomic E-state index is 11.8. The number of hydrogen-bond donors (Lipinski definition) is 0. The Kier molecular flexibility index (Phi) is 5.19. The smallest absolute Gasteiger partial charge is 0.248 e. The van der Waals surface area contributed by atoms with Crippen LogP contribution < -0.4 is 0 Å². The largest absolute Gasteiger partial charge is 0.365 e. The molecule has 0 aliphatic carbocycles. The highest BCUT2D eigenvalue weighted by atomic mass is 16.5. The highest BCUT2D eigenvalue weighted by molar-refractivity contribution is 5.76. The van der Waals surface area contributed by atoms with Gasteiger partial charge in [0, 0.05) is 47.0 Å². The van der Waals surface area contributed by atoms with Crippen LogP contribution in [-0.4, -0.2) is 68.6 Å². The number of fused-ring (bicyclic) bond motifs is 1. The quantitative estimate of drug-likeness (QED) is 0.785. The number of likely N-dealkylation sites (N-methyl/N-ethyl adjacent to an activating group) is 1. The van der Waals surface area contributed by atoms with Crippen LogP contribution in [0.25, 0.3) is 0 Å². The minimum Gasteiger partial charge on any atom is -0.365 e. The number of carbonyl (C=O) groups excluding carboxylic acids is 1. The van der Waals surface area contributed by atoms with E-state index < -0.39 is 0 Å². The van der Waals surface area contributed by atoms with Crippen LogP contribution in [0.15, 0.2) is 18.3 Å². The third kappa shape index (κ3) is 4.26. The molecule has 0 saturated heterocycles. The number of rotatable bonds is 5. The highest BCUT2D eigenvalue weighted by Crippen LogP contribution is 2.17. The number of aromatic nitrogens is 4. The number of ether oxygens (including phenoxy) is 1. The molecular weight excluding hydrogens is 320 g/mol. The lowest BCUT2D eigenvalue weighted by atomic mass is 10.3. The fourth-order valence-electron chi connectivity index (χ4n) is 3.08. The van der Waals surface area contributed by atoms with E-state index in [-0.39, 0.29) is 18.6 Å². The van der Waals surface area contributed by atoms with E-state index in [2.05, 4.69) is 21.2 Å². The van der Waals surface area contributed by atoms with Crippen molar-refractivity contribution in [2.75, 3.05) is 27.2 Å². The van der Waals surface area contributed by atoms with Crippen LogP contribution in [-0.2, 0) is 36.2 Å². The lowest BCUT2D eigenvalue weighted by molar-refractivity contribution is -0.136. The van der Waals surface area contributed by atoms with Gasteiger partial charge >= 0.3 is 0 Å². The SMILES string of the molecule is Cc1cc(CN2Cc3ccnn3C[C@@H](OCC(=O)N(C)C)C2)n(C)n1. The maximum absolute atomic E-state index is 11.8. The normalized spacial score (nSPS) is 18.0.